The van der Waals surface area contributed by atoms with Gasteiger partial charge in [-0.15, -0.1) is 0 Å². The molecule has 0 aliphatic carbocycles. The lowest BCUT2D eigenvalue weighted by atomic mass is 10.2. The largest absolute Gasteiger partial charge is 0.356 e. The number of hydrogen-bond acceptors (Lipinski definition) is 4. The molecule has 3 rings (SSSR count). The van der Waals surface area contributed by atoms with Gasteiger partial charge >= 0.3 is 0 Å². The van der Waals surface area contributed by atoms with Crippen LogP contribution in [0.4, 0.5) is 17.1 Å². The number of nitrogens with one attached hydrogen (secondary N) is 3. The smallest absolute Gasteiger partial charge is 0.256 e. The van der Waals surface area contributed by atoms with Gasteiger partial charge in [0.25, 0.3) is 5.91 Å². The van der Waals surface area contributed by atoms with Gasteiger partial charge in [-0.3, -0.25) is 4.79 Å². The molecular weight excluding hydrogens is 442 g/mol. The third-order valence-electron chi connectivity index (χ3n) is 3.97. The molecule has 3 N–H and O–H groups in total. The van der Waals surface area contributed by atoms with Gasteiger partial charge in [0.05, 0.1) is 10.5 Å². The van der Waals surface area contributed by atoms with Gasteiger partial charge in [-0.25, -0.2) is 13.1 Å². The van der Waals surface area contributed by atoms with Crippen LogP contribution in [-0.2, 0) is 10.0 Å². The van der Waals surface area contributed by atoms with E-state index in [-0.39, 0.29) is 10.5 Å². The van der Waals surface area contributed by atoms with Crippen molar-refractivity contribution in [3.63, 3.8) is 0 Å². The summed E-state index contributed by atoms with van der Waals surface area (Å²) in [5.74, 6) is -0.413. The fourth-order valence-corrected chi connectivity index (χ4v) is 3.67. The first kappa shape index (κ1) is 20.1. The zero-order chi connectivity index (χ0) is 20.1. The third kappa shape index (κ3) is 4.78. The summed E-state index contributed by atoms with van der Waals surface area (Å²) < 4.78 is 26.7. The number of rotatable bonds is 6. The lowest BCUT2D eigenvalue weighted by Crippen LogP contribution is -2.20. The maximum absolute atomic E-state index is 12.6. The van der Waals surface area contributed by atoms with E-state index in [0.717, 1.165) is 11.4 Å². The minimum Gasteiger partial charge on any atom is -0.356 e. The molecule has 0 aromatic heterocycles. The number of anilines is 3. The molecule has 1 amide bonds. The van der Waals surface area contributed by atoms with Crippen LogP contribution >= 0.6 is 15.9 Å². The summed E-state index contributed by atoms with van der Waals surface area (Å²) in [4.78, 5) is 12.6. The van der Waals surface area contributed by atoms with Crippen molar-refractivity contribution < 1.29 is 13.2 Å². The van der Waals surface area contributed by atoms with Crippen LogP contribution in [0, 0.1) is 0 Å². The van der Waals surface area contributed by atoms with E-state index < -0.39 is 15.9 Å². The highest BCUT2D eigenvalue weighted by Crippen LogP contribution is 2.23. The lowest BCUT2D eigenvalue weighted by Gasteiger charge is -2.11. The summed E-state index contributed by atoms with van der Waals surface area (Å²) in [6.07, 6.45) is 0. The zero-order valence-electron chi connectivity index (χ0n) is 14.9. The van der Waals surface area contributed by atoms with Gasteiger partial charge in [0, 0.05) is 21.5 Å². The van der Waals surface area contributed by atoms with Crippen LogP contribution in [0.15, 0.2) is 82.2 Å². The Labute approximate surface area is 172 Å². The van der Waals surface area contributed by atoms with Crippen molar-refractivity contribution in [2.24, 2.45) is 0 Å². The molecule has 8 heteroatoms. The SMILES string of the molecule is CNS(=O)(=O)c1ccc(Br)c(C(=O)Nc2ccc(Nc3ccccc3)cc2)c1. The molecule has 0 saturated carbocycles. The molecule has 0 bridgehead atoms. The molecule has 0 radical (unpaired) electrons. The summed E-state index contributed by atoms with van der Waals surface area (Å²) in [5, 5.41) is 6.04. The number of carbonyl (C=O) groups is 1. The molecule has 0 aliphatic heterocycles. The van der Waals surface area contributed by atoms with Gasteiger partial charge < -0.3 is 10.6 Å². The molecule has 28 heavy (non-hydrogen) atoms. The monoisotopic (exact) mass is 459 g/mol. The minimum atomic E-state index is -3.64. The van der Waals surface area contributed by atoms with E-state index in [4.69, 9.17) is 0 Å². The Hall–Kier alpha value is -2.68. The Balaban J connectivity index is 1.75. The van der Waals surface area contributed by atoms with Crippen LogP contribution in [0.5, 0.6) is 0 Å². The molecular formula is C20H18BrN3O3S. The Morgan fingerprint density at radius 1 is 0.857 bits per heavy atom. The Morgan fingerprint density at radius 2 is 1.46 bits per heavy atom. The second-order valence-corrected chi connectivity index (χ2v) is 8.61. The van der Waals surface area contributed by atoms with E-state index in [1.807, 2.05) is 42.5 Å². The molecule has 3 aromatic rings. The lowest BCUT2D eigenvalue weighted by molar-refractivity contribution is 0.102. The first-order chi connectivity index (χ1) is 13.4. The summed E-state index contributed by atoms with van der Waals surface area (Å²) >= 11 is 3.30. The van der Waals surface area contributed by atoms with Crippen LogP contribution < -0.4 is 15.4 Å². The van der Waals surface area contributed by atoms with Gasteiger partial charge in [0.1, 0.15) is 0 Å². The van der Waals surface area contributed by atoms with E-state index in [2.05, 4.69) is 31.3 Å². The zero-order valence-corrected chi connectivity index (χ0v) is 17.3. The third-order valence-corrected chi connectivity index (χ3v) is 6.07. The predicted molar refractivity (Wildman–Crippen MR) is 115 cm³/mol. The number of sulfonamides is 1. The van der Waals surface area contributed by atoms with Crippen molar-refractivity contribution in [2.75, 3.05) is 17.7 Å². The van der Waals surface area contributed by atoms with Gasteiger partial charge in [0.2, 0.25) is 10.0 Å². The molecule has 0 heterocycles. The highest BCUT2D eigenvalue weighted by atomic mass is 79.9. The maximum Gasteiger partial charge on any atom is 0.256 e. The molecule has 3 aromatic carbocycles. The molecule has 0 unspecified atom stereocenters. The molecule has 0 aliphatic rings. The van der Waals surface area contributed by atoms with E-state index in [0.29, 0.717) is 10.2 Å². The Bertz CT molecular complexity index is 1090. The summed E-state index contributed by atoms with van der Waals surface area (Å²) in [5.41, 5.74) is 2.67. The first-order valence-electron chi connectivity index (χ1n) is 8.35. The second kappa shape index (κ2) is 8.55. The number of halogens is 1. The number of benzene rings is 3. The van der Waals surface area contributed by atoms with E-state index in [1.165, 1.54) is 25.2 Å². The van der Waals surface area contributed by atoms with Gasteiger partial charge in [0.15, 0.2) is 0 Å². The fourth-order valence-electron chi connectivity index (χ4n) is 2.49. The first-order valence-corrected chi connectivity index (χ1v) is 10.6. The molecule has 0 spiro atoms. The van der Waals surface area contributed by atoms with Gasteiger partial charge in [-0.05, 0) is 77.6 Å². The summed E-state index contributed by atoms with van der Waals surface area (Å²) in [6, 6.07) is 21.3. The van der Waals surface area contributed by atoms with E-state index >= 15 is 0 Å². The highest BCUT2D eigenvalue weighted by Gasteiger charge is 2.17. The van der Waals surface area contributed by atoms with Crippen molar-refractivity contribution in [1.82, 2.24) is 4.72 Å². The summed E-state index contributed by atoms with van der Waals surface area (Å²) in [7, 11) is -2.32. The highest BCUT2D eigenvalue weighted by molar-refractivity contribution is 9.10. The number of hydrogen-bond donors (Lipinski definition) is 3. The van der Waals surface area contributed by atoms with E-state index in [9.17, 15) is 13.2 Å². The van der Waals surface area contributed by atoms with Crippen LogP contribution in [0.1, 0.15) is 10.4 Å². The average Bonchev–Trinajstić information content (AvgIpc) is 2.70. The second-order valence-electron chi connectivity index (χ2n) is 5.87. The normalized spacial score (nSPS) is 11.1. The van der Waals surface area contributed by atoms with Crippen LogP contribution in [-0.4, -0.2) is 21.4 Å². The van der Waals surface area contributed by atoms with Crippen molar-refractivity contribution in [3.05, 3.63) is 82.8 Å². The van der Waals surface area contributed by atoms with Crippen molar-refractivity contribution in [1.29, 1.82) is 0 Å². The van der Waals surface area contributed by atoms with E-state index in [1.54, 1.807) is 12.1 Å². The predicted octanol–water partition coefficient (Wildman–Crippen LogP) is 4.35. The Kier molecular flexibility index (Phi) is 6.13. The average molecular weight is 460 g/mol. The minimum absolute atomic E-state index is 0.0192. The van der Waals surface area contributed by atoms with Crippen LogP contribution in [0.25, 0.3) is 0 Å². The molecule has 0 saturated heterocycles. The Morgan fingerprint density at radius 3 is 2.11 bits per heavy atom. The molecule has 0 fully saturated rings. The van der Waals surface area contributed by atoms with Crippen molar-refractivity contribution in [3.8, 4) is 0 Å². The fraction of sp³-hybridized carbons (Fsp3) is 0.0500. The quantitative estimate of drug-likeness (QED) is 0.511. The molecule has 6 nitrogen and oxygen atoms in total. The molecule has 0 atom stereocenters. The van der Waals surface area contributed by atoms with Crippen molar-refractivity contribution >= 4 is 48.9 Å². The van der Waals surface area contributed by atoms with Gasteiger partial charge in [-0.2, -0.15) is 0 Å². The van der Waals surface area contributed by atoms with Crippen molar-refractivity contribution in [2.45, 2.75) is 4.90 Å². The van der Waals surface area contributed by atoms with Crippen LogP contribution in [0.3, 0.4) is 0 Å². The van der Waals surface area contributed by atoms with Gasteiger partial charge in [-0.1, -0.05) is 18.2 Å². The number of amides is 1. The molecule has 144 valence electrons. The number of carbonyl (C=O) groups excluding carboxylic acids is 1. The standard InChI is InChI=1S/C20H18BrN3O3S/c1-22-28(26,27)17-11-12-19(21)18(13-17)20(25)24-16-9-7-15(8-10-16)23-14-5-3-2-4-6-14/h2-13,22-23H,1H3,(H,24,25). The maximum atomic E-state index is 12.6. The number of para-hydroxylation sites is 1. The van der Waals surface area contributed by atoms with Crippen LogP contribution in [0.2, 0.25) is 0 Å². The topological polar surface area (TPSA) is 87.3 Å². The summed E-state index contributed by atoms with van der Waals surface area (Å²) in [6.45, 7) is 0.